The Bertz CT molecular complexity index is 414. The summed E-state index contributed by atoms with van der Waals surface area (Å²) in [6, 6.07) is 9.96. The fourth-order valence-corrected chi connectivity index (χ4v) is 3.18. The lowest BCUT2D eigenvalue weighted by molar-refractivity contribution is 0.575. The van der Waals surface area contributed by atoms with Gasteiger partial charge >= 0.3 is 0 Å². The maximum absolute atomic E-state index is 11.9. The van der Waals surface area contributed by atoms with E-state index in [-0.39, 0.29) is 11.0 Å². The highest BCUT2D eigenvalue weighted by molar-refractivity contribution is 7.91. The molecule has 0 fully saturated rings. The van der Waals surface area contributed by atoms with Crippen LogP contribution in [0.1, 0.15) is 25.3 Å². The molecule has 0 amide bonds. The Morgan fingerprint density at radius 1 is 1.24 bits per heavy atom. The molecular weight excluding hydrogens is 234 g/mol. The molecule has 1 aromatic carbocycles. The van der Waals surface area contributed by atoms with Gasteiger partial charge in [-0.05, 0) is 38.3 Å². The Kier molecular flexibility index (Phi) is 5.65. The third kappa shape index (κ3) is 4.88. The molecule has 0 aliphatic rings. The fraction of sp³-hybridized carbons (Fsp3) is 0.538. The van der Waals surface area contributed by atoms with Gasteiger partial charge in [-0.2, -0.15) is 0 Å². The van der Waals surface area contributed by atoms with Gasteiger partial charge in [0.2, 0.25) is 0 Å². The van der Waals surface area contributed by atoms with E-state index in [2.05, 4.69) is 0 Å². The molecule has 2 N–H and O–H groups in total. The lowest BCUT2D eigenvalue weighted by Crippen LogP contribution is -2.24. The van der Waals surface area contributed by atoms with E-state index in [1.165, 1.54) is 5.56 Å². The first-order valence-electron chi connectivity index (χ1n) is 6.02. The lowest BCUT2D eigenvalue weighted by atomic mass is 10.1. The van der Waals surface area contributed by atoms with Crippen molar-refractivity contribution in [3.8, 4) is 0 Å². The van der Waals surface area contributed by atoms with Crippen LogP contribution in [-0.4, -0.2) is 26.0 Å². The highest BCUT2D eigenvalue weighted by atomic mass is 32.2. The minimum absolute atomic E-state index is 0.253. The first-order chi connectivity index (χ1) is 8.06. The van der Waals surface area contributed by atoms with Gasteiger partial charge < -0.3 is 5.73 Å². The van der Waals surface area contributed by atoms with Crippen molar-refractivity contribution in [3.05, 3.63) is 35.9 Å². The molecule has 0 aliphatic heterocycles. The molecule has 0 saturated carbocycles. The van der Waals surface area contributed by atoms with Crippen LogP contribution >= 0.6 is 0 Å². The van der Waals surface area contributed by atoms with E-state index >= 15 is 0 Å². The van der Waals surface area contributed by atoms with Gasteiger partial charge in [0, 0.05) is 0 Å². The highest BCUT2D eigenvalue weighted by Crippen LogP contribution is 2.10. The van der Waals surface area contributed by atoms with Crippen LogP contribution in [0.2, 0.25) is 0 Å². The topological polar surface area (TPSA) is 60.2 Å². The van der Waals surface area contributed by atoms with Gasteiger partial charge in [-0.3, -0.25) is 0 Å². The third-order valence-corrected chi connectivity index (χ3v) is 5.24. The van der Waals surface area contributed by atoms with Crippen LogP contribution in [0.4, 0.5) is 0 Å². The summed E-state index contributed by atoms with van der Waals surface area (Å²) in [6.45, 7) is 2.17. The molecule has 1 unspecified atom stereocenters. The number of hydrogen-bond donors (Lipinski definition) is 1. The molecule has 1 atom stereocenters. The maximum atomic E-state index is 11.9. The third-order valence-electron chi connectivity index (χ3n) is 2.92. The number of rotatable bonds is 7. The molecule has 96 valence electrons. The van der Waals surface area contributed by atoms with Gasteiger partial charge in [0.25, 0.3) is 0 Å². The van der Waals surface area contributed by atoms with Crippen LogP contribution in [0.3, 0.4) is 0 Å². The zero-order chi connectivity index (χ0) is 12.7. The predicted molar refractivity (Wildman–Crippen MR) is 71.7 cm³/mol. The summed E-state index contributed by atoms with van der Waals surface area (Å²) in [7, 11) is -2.97. The van der Waals surface area contributed by atoms with Crippen LogP contribution in [0, 0.1) is 0 Å². The molecule has 0 bridgehead atoms. The second-order valence-corrected chi connectivity index (χ2v) is 6.88. The van der Waals surface area contributed by atoms with Crippen molar-refractivity contribution >= 4 is 9.84 Å². The van der Waals surface area contributed by atoms with Crippen LogP contribution < -0.4 is 5.73 Å². The van der Waals surface area contributed by atoms with E-state index in [4.69, 9.17) is 5.73 Å². The zero-order valence-corrected chi connectivity index (χ0v) is 11.1. The molecule has 0 heterocycles. The predicted octanol–water partition coefficient (Wildman–Crippen LogP) is 1.77. The molecular formula is C13H21NO2S. The largest absolute Gasteiger partial charge is 0.330 e. The zero-order valence-electron chi connectivity index (χ0n) is 10.3. The van der Waals surface area contributed by atoms with Gasteiger partial charge in [0.1, 0.15) is 0 Å². The summed E-state index contributed by atoms with van der Waals surface area (Å²) in [5, 5.41) is -0.316. The van der Waals surface area contributed by atoms with Crippen molar-refractivity contribution in [1.82, 2.24) is 0 Å². The summed E-state index contributed by atoms with van der Waals surface area (Å²) in [5.74, 6) is 0.253. The van der Waals surface area contributed by atoms with Crippen LogP contribution in [0.25, 0.3) is 0 Å². The summed E-state index contributed by atoms with van der Waals surface area (Å²) < 4.78 is 23.7. The average Bonchev–Trinajstić information content (AvgIpc) is 2.30. The summed E-state index contributed by atoms with van der Waals surface area (Å²) in [6.07, 6.45) is 2.05. The van der Waals surface area contributed by atoms with Gasteiger partial charge in [-0.25, -0.2) is 8.42 Å². The standard InChI is InChI=1S/C13H21NO2S/c1-12(9-10-14)17(15,16)11-5-8-13-6-3-2-4-7-13/h2-4,6-7,12H,5,8-11,14H2,1H3. The second kappa shape index (κ2) is 6.77. The molecule has 17 heavy (non-hydrogen) atoms. The number of nitrogens with two attached hydrogens (primary N) is 1. The van der Waals surface area contributed by atoms with Gasteiger partial charge in [0.05, 0.1) is 11.0 Å². The first-order valence-corrected chi connectivity index (χ1v) is 7.73. The molecule has 0 spiro atoms. The smallest absolute Gasteiger partial charge is 0.152 e. The van der Waals surface area contributed by atoms with E-state index < -0.39 is 9.84 Å². The maximum Gasteiger partial charge on any atom is 0.152 e. The monoisotopic (exact) mass is 255 g/mol. The Morgan fingerprint density at radius 3 is 2.47 bits per heavy atom. The molecule has 0 saturated heterocycles. The number of hydrogen-bond acceptors (Lipinski definition) is 3. The quantitative estimate of drug-likeness (QED) is 0.807. The van der Waals surface area contributed by atoms with Crippen molar-refractivity contribution in [3.63, 3.8) is 0 Å². The van der Waals surface area contributed by atoms with Gasteiger partial charge in [-0.15, -0.1) is 0 Å². The normalized spacial score (nSPS) is 13.5. The van der Waals surface area contributed by atoms with Crippen LogP contribution in [0.5, 0.6) is 0 Å². The Balaban J connectivity index is 2.40. The van der Waals surface area contributed by atoms with E-state index in [1.807, 2.05) is 30.3 Å². The second-order valence-electron chi connectivity index (χ2n) is 4.34. The molecule has 1 aromatic rings. The number of sulfone groups is 1. The molecule has 4 heteroatoms. The number of benzene rings is 1. The van der Waals surface area contributed by atoms with Crippen molar-refractivity contribution in [2.75, 3.05) is 12.3 Å². The van der Waals surface area contributed by atoms with Crippen molar-refractivity contribution < 1.29 is 8.42 Å². The molecule has 0 aliphatic carbocycles. The van der Waals surface area contributed by atoms with Crippen molar-refractivity contribution in [2.45, 2.75) is 31.4 Å². The van der Waals surface area contributed by atoms with Gasteiger partial charge in [-0.1, -0.05) is 30.3 Å². The van der Waals surface area contributed by atoms with E-state index in [0.717, 1.165) is 6.42 Å². The molecule has 1 rings (SSSR count). The van der Waals surface area contributed by atoms with E-state index in [1.54, 1.807) is 6.92 Å². The fourth-order valence-electron chi connectivity index (χ4n) is 1.74. The van der Waals surface area contributed by atoms with Gasteiger partial charge in [0.15, 0.2) is 9.84 Å². The lowest BCUT2D eigenvalue weighted by Gasteiger charge is -2.11. The summed E-state index contributed by atoms with van der Waals surface area (Å²) in [5.41, 5.74) is 6.57. The summed E-state index contributed by atoms with van der Waals surface area (Å²) >= 11 is 0. The number of aryl methyl sites for hydroxylation is 1. The highest BCUT2D eigenvalue weighted by Gasteiger charge is 2.19. The minimum Gasteiger partial charge on any atom is -0.330 e. The molecule has 0 aromatic heterocycles. The van der Waals surface area contributed by atoms with E-state index in [0.29, 0.717) is 19.4 Å². The van der Waals surface area contributed by atoms with Crippen molar-refractivity contribution in [1.29, 1.82) is 0 Å². The average molecular weight is 255 g/mol. The first kappa shape index (κ1) is 14.2. The Labute approximate surface area is 104 Å². The minimum atomic E-state index is -2.97. The SMILES string of the molecule is CC(CCN)S(=O)(=O)CCCc1ccccc1. The van der Waals surface area contributed by atoms with E-state index in [9.17, 15) is 8.42 Å². The van der Waals surface area contributed by atoms with Crippen LogP contribution in [-0.2, 0) is 16.3 Å². The Hall–Kier alpha value is -0.870. The molecule has 0 radical (unpaired) electrons. The van der Waals surface area contributed by atoms with Crippen molar-refractivity contribution in [2.24, 2.45) is 5.73 Å². The summed E-state index contributed by atoms with van der Waals surface area (Å²) in [4.78, 5) is 0. The Morgan fingerprint density at radius 2 is 1.88 bits per heavy atom. The van der Waals surface area contributed by atoms with Crippen LogP contribution in [0.15, 0.2) is 30.3 Å². The molecule has 3 nitrogen and oxygen atoms in total.